The third-order valence-corrected chi connectivity index (χ3v) is 2.59. The van der Waals surface area contributed by atoms with Crippen LogP contribution in [-0.4, -0.2) is 30.7 Å². The van der Waals surface area contributed by atoms with Crippen LogP contribution in [0.3, 0.4) is 0 Å². The first-order valence-corrected chi connectivity index (χ1v) is 5.98. The maximum Gasteiger partial charge on any atom is 0.243 e. The van der Waals surface area contributed by atoms with Crippen LogP contribution in [0.4, 0.5) is 5.69 Å². The number of nitrogens with two attached hydrogens (primary N) is 2. The lowest BCUT2D eigenvalue weighted by Crippen LogP contribution is -2.20. The summed E-state index contributed by atoms with van der Waals surface area (Å²) < 4.78 is 5.00. The van der Waals surface area contributed by atoms with Crippen LogP contribution in [0.2, 0.25) is 5.02 Å². The standard InChI is InChI=1S/C11H14ClN3O2S/c12-9-5-7(1-2-8(9)11(14)18)15-3-4-17-6-10(13)16/h1-2,5,15H,3-4,6H2,(H2,13,16)(H2,14,18). The molecule has 0 heterocycles. The zero-order valence-electron chi connectivity index (χ0n) is 9.61. The Balaban J connectivity index is 2.42. The van der Waals surface area contributed by atoms with E-state index in [1.54, 1.807) is 12.1 Å². The predicted octanol–water partition coefficient (Wildman–Crippen LogP) is 0.888. The molecule has 0 unspecified atom stereocenters. The van der Waals surface area contributed by atoms with Crippen LogP contribution in [0.1, 0.15) is 5.56 Å². The van der Waals surface area contributed by atoms with E-state index in [9.17, 15) is 4.79 Å². The molecule has 0 aliphatic carbocycles. The van der Waals surface area contributed by atoms with E-state index in [1.165, 1.54) is 0 Å². The molecule has 1 aromatic carbocycles. The molecule has 0 spiro atoms. The summed E-state index contributed by atoms with van der Waals surface area (Å²) in [5.41, 5.74) is 11.9. The Bertz CT molecular complexity index is 454. The van der Waals surface area contributed by atoms with E-state index in [1.807, 2.05) is 6.07 Å². The Morgan fingerprint density at radius 3 is 2.72 bits per heavy atom. The maximum atomic E-state index is 10.4. The van der Waals surface area contributed by atoms with Crippen molar-refractivity contribution in [3.63, 3.8) is 0 Å². The molecule has 0 saturated heterocycles. The van der Waals surface area contributed by atoms with E-state index >= 15 is 0 Å². The van der Waals surface area contributed by atoms with Crippen molar-refractivity contribution in [1.29, 1.82) is 0 Å². The fourth-order valence-corrected chi connectivity index (χ4v) is 1.78. The van der Waals surface area contributed by atoms with Gasteiger partial charge < -0.3 is 21.5 Å². The summed E-state index contributed by atoms with van der Waals surface area (Å²) in [5, 5.41) is 3.57. The Kier molecular flexibility index (Phi) is 5.84. The van der Waals surface area contributed by atoms with Crippen LogP contribution in [0, 0.1) is 0 Å². The van der Waals surface area contributed by atoms with Crippen LogP contribution in [0.5, 0.6) is 0 Å². The minimum atomic E-state index is -0.487. The Labute approximate surface area is 115 Å². The van der Waals surface area contributed by atoms with Crippen LogP contribution in [0.25, 0.3) is 0 Å². The van der Waals surface area contributed by atoms with Gasteiger partial charge in [0.25, 0.3) is 0 Å². The van der Waals surface area contributed by atoms with Crippen molar-refractivity contribution in [3.05, 3.63) is 28.8 Å². The number of hydrogen-bond donors (Lipinski definition) is 3. The lowest BCUT2D eigenvalue weighted by Gasteiger charge is -2.09. The first kappa shape index (κ1) is 14.7. The zero-order chi connectivity index (χ0) is 13.5. The monoisotopic (exact) mass is 287 g/mol. The highest BCUT2D eigenvalue weighted by Crippen LogP contribution is 2.20. The van der Waals surface area contributed by atoms with Gasteiger partial charge in [-0.2, -0.15) is 0 Å². The van der Waals surface area contributed by atoms with Crippen molar-refractivity contribution in [2.75, 3.05) is 25.1 Å². The molecule has 98 valence electrons. The van der Waals surface area contributed by atoms with Gasteiger partial charge in [-0.1, -0.05) is 23.8 Å². The molecule has 1 amide bonds. The number of amides is 1. The molecule has 0 atom stereocenters. The summed E-state index contributed by atoms with van der Waals surface area (Å²) in [7, 11) is 0. The van der Waals surface area contributed by atoms with Gasteiger partial charge in [0.2, 0.25) is 5.91 Å². The van der Waals surface area contributed by atoms with Gasteiger partial charge >= 0.3 is 0 Å². The summed E-state index contributed by atoms with van der Waals surface area (Å²) in [6.07, 6.45) is 0. The lowest BCUT2D eigenvalue weighted by atomic mass is 10.2. The molecular weight excluding hydrogens is 274 g/mol. The van der Waals surface area contributed by atoms with Gasteiger partial charge in [-0.3, -0.25) is 4.79 Å². The van der Waals surface area contributed by atoms with Gasteiger partial charge in [-0.05, 0) is 18.2 Å². The molecular formula is C11H14ClN3O2S. The number of carbonyl (C=O) groups excluding carboxylic acids is 1. The number of hydrogen-bond acceptors (Lipinski definition) is 4. The first-order chi connectivity index (χ1) is 8.50. The number of halogens is 1. The van der Waals surface area contributed by atoms with Gasteiger partial charge in [0.05, 0.1) is 11.6 Å². The minimum Gasteiger partial charge on any atom is -0.389 e. The quantitative estimate of drug-likeness (QED) is 0.512. The molecule has 1 aromatic rings. The largest absolute Gasteiger partial charge is 0.389 e. The molecule has 0 radical (unpaired) electrons. The number of ether oxygens (including phenoxy) is 1. The fraction of sp³-hybridized carbons (Fsp3) is 0.273. The Morgan fingerprint density at radius 2 is 2.17 bits per heavy atom. The summed E-state index contributed by atoms with van der Waals surface area (Å²) in [5.74, 6) is -0.487. The molecule has 18 heavy (non-hydrogen) atoms. The van der Waals surface area contributed by atoms with Crippen molar-refractivity contribution < 1.29 is 9.53 Å². The molecule has 0 aromatic heterocycles. The van der Waals surface area contributed by atoms with Crippen molar-refractivity contribution in [1.82, 2.24) is 0 Å². The average Bonchev–Trinajstić information content (AvgIpc) is 2.27. The number of anilines is 1. The van der Waals surface area contributed by atoms with Gasteiger partial charge in [0.1, 0.15) is 11.6 Å². The molecule has 1 rings (SSSR count). The summed E-state index contributed by atoms with van der Waals surface area (Å²) in [6.45, 7) is 0.830. The fourth-order valence-electron chi connectivity index (χ4n) is 1.27. The molecule has 5 N–H and O–H groups in total. The number of rotatable bonds is 7. The maximum absolute atomic E-state index is 10.4. The Morgan fingerprint density at radius 1 is 1.44 bits per heavy atom. The number of nitrogens with one attached hydrogen (secondary N) is 1. The molecule has 0 fully saturated rings. The summed E-state index contributed by atoms with van der Waals surface area (Å²) in [4.78, 5) is 10.7. The number of carbonyl (C=O) groups is 1. The van der Waals surface area contributed by atoms with E-state index in [-0.39, 0.29) is 11.6 Å². The number of primary amides is 1. The van der Waals surface area contributed by atoms with E-state index in [0.717, 1.165) is 5.69 Å². The van der Waals surface area contributed by atoms with Gasteiger partial charge in [-0.25, -0.2) is 0 Å². The summed E-state index contributed by atoms with van der Waals surface area (Å²) >= 11 is 10.9. The van der Waals surface area contributed by atoms with E-state index in [2.05, 4.69) is 5.32 Å². The van der Waals surface area contributed by atoms with Crippen LogP contribution >= 0.6 is 23.8 Å². The van der Waals surface area contributed by atoms with E-state index < -0.39 is 5.91 Å². The highest BCUT2D eigenvalue weighted by molar-refractivity contribution is 7.80. The molecule has 0 saturated carbocycles. The second kappa shape index (κ2) is 7.15. The molecule has 5 nitrogen and oxygen atoms in total. The zero-order valence-corrected chi connectivity index (χ0v) is 11.2. The predicted molar refractivity (Wildman–Crippen MR) is 75.8 cm³/mol. The van der Waals surface area contributed by atoms with E-state index in [0.29, 0.717) is 23.7 Å². The lowest BCUT2D eigenvalue weighted by molar-refractivity contribution is -0.122. The third kappa shape index (κ3) is 4.87. The second-order valence-electron chi connectivity index (χ2n) is 3.50. The summed E-state index contributed by atoms with van der Waals surface area (Å²) in [6, 6.07) is 5.29. The molecule has 0 aliphatic heterocycles. The smallest absolute Gasteiger partial charge is 0.243 e. The van der Waals surface area contributed by atoms with Crippen molar-refractivity contribution in [3.8, 4) is 0 Å². The number of thiocarbonyl (C=S) groups is 1. The van der Waals surface area contributed by atoms with Crippen LogP contribution in [0.15, 0.2) is 18.2 Å². The van der Waals surface area contributed by atoms with Crippen molar-refractivity contribution in [2.24, 2.45) is 11.5 Å². The second-order valence-corrected chi connectivity index (χ2v) is 4.35. The van der Waals surface area contributed by atoms with Gasteiger partial charge in [0.15, 0.2) is 0 Å². The number of benzene rings is 1. The van der Waals surface area contributed by atoms with E-state index in [4.69, 9.17) is 40.0 Å². The van der Waals surface area contributed by atoms with Gasteiger partial charge in [0, 0.05) is 17.8 Å². The highest BCUT2D eigenvalue weighted by Gasteiger charge is 2.04. The minimum absolute atomic E-state index is 0.0805. The molecule has 0 aliphatic rings. The highest BCUT2D eigenvalue weighted by atomic mass is 35.5. The normalized spacial score (nSPS) is 10.1. The SMILES string of the molecule is NC(=O)COCCNc1ccc(C(N)=S)c(Cl)c1. The van der Waals surface area contributed by atoms with Crippen LogP contribution in [-0.2, 0) is 9.53 Å². The Hall–Kier alpha value is -1.37. The van der Waals surface area contributed by atoms with Crippen molar-refractivity contribution in [2.45, 2.75) is 0 Å². The first-order valence-electron chi connectivity index (χ1n) is 5.20. The topological polar surface area (TPSA) is 90.4 Å². The average molecular weight is 288 g/mol. The van der Waals surface area contributed by atoms with Crippen molar-refractivity contribution >= 4 is 40.4 Å². The molecule has 0 bridgehead atoms. The third-order valence-electron chi connectivity index (χ3n) is 2.05. The van der Waals surface area contributed by atoms with Gasteiger partial charge in [-0.15, -0.1) is 0 Å². The van der Waals surface area contributed by atoms with Crippen LogP contribution < -0.4 is 16.8 Å². The molecule has 7 heteroatoms.